The number of hydrogen-bond donors (Lipinski definition) is 0. The molecule has 16 heavy (non-hydrogen) atoms. The Balaban J connectivity index is 1.72. The van der Waals surface area contributed by atoms with E-state index in [0.717, 1.165) is 29.9 Å². The first-order chi connectivity index (χ1) is 7.83. The van der Waals surface area contributed by atoms with Gasteiger partial charge in [0.15, 0.2) is 0 Å². The molecule has 0 aromatic rings. The van der Waals surface area contributed by atoms with Crippen LogP contribution in [0.1, 0.15) is 12.8 Å². The highest BCUT2D eigenvalue weighted by atomic mass is 16.5. The molecule has 1 saturated carbocycles. The van der Waals surface area contributed by atoms with Crippen molar-refractivity contribution in [3.05, 3.63) is 49.1 Å². The van der Waals surface area contributed by atoms with Gasteiger partial charge in [0, 0.05) is 0 Å². The quantitative estimate of drug-likeness (QED) is 0.487. The highest BCUT2D eigenvalue weighted by molar-refractivity contribution is 5.21. The third-order valence-electron chi connectivity index (χ3n) is 3.61. The summed E-state index contributed by atoms with van der Waals surface area (Å²) >= 11 is 0. The Bertz CT molecular complexity index is 324. The van der Waals surface area contributed by atoms with Crippen LogP contribution in [-0.4, -0.2) is 13.2 Å². The first-order valence-electron chi connectivity index (χ1n) is 6.03. The summed E-state index contributed by atoms with van der Waals surface area (Å²) < 4.78 is 5.75. The van der Waals surface area contributed by atoms with Crippen molar-refractivity contribution in [3.8, 4) is 0 Å². The molecule has 2 aliphatic carbocycles. The minimum atomic E-state index is 0.660. The van der Waals surface area contributed by atoms with E-state index in [-0.39, 0.29) is 0 Å². The zero-order chi connectivity index (χ0) is 11.4. The molecule has 0 aliphatic heterocycles. The average Bonchev–Trinajstić information content (AvgIpc) is 2.89. The molecule has 0 spiro atoms. The van der Waals surface area contributed by atoms with Gasteiger partial charge in [0.25, 0.3) is 0 Å². The lowest BCUT2D eigenvalue weighted by atomic mass is 9.95. The van der Waals surface area contributed by atoms with Crippen LogP contribution < -0.4 is 0 Å². The van der Waals surface area contributed by atoms with E-state index in [1.807, 2.05) is 12.2 Å². The molecule has 0 N–H and O–H groups in total. The lowest BCUT2D eigenvalue weighted by molar-refractivity contribution is 0.109. The molecule has 0 heterocycles. The van der Waals surface area contributed by atoms with Crippen molar-refractivity contribution in [2.45, 2.75) is 12.8 Å². The van der Waals surface area contributed by atoms with Crippen molar-refractivity contribution >= 4 is 0 Å². The van der Waals surface area contributed by atoms with Gasteiger partial charge < -0.3 is 4.74 Å². The summed E-state index contributed by atoms with van der Waals surface area (Å²) in [5, 5.41) is 0. The number of fused-ring (bicyclic) bond motifs is 2. The van der Waals surface area contributed by atoms with Crippen LogP contribution in [0.4, 0.5) is 0 Å². The fourth-order valence-corrected chi connectivity index (χ4v) is 2.74. The van der Waals surface area contributed by atoms with Crippen LogP contribution in [0.5, 0.6) is 0 Å². The predicted molar refractivity (Wildman–Crippen MR) is 68.1 cm³/mol. The molecule has 2 aliphatic rings. The summed E-state index contributed by atoms with van der Waals surface area (Å²) in [6.07, 6.45) is 13.0. The molecule has 0 aromatic carbocycles. The number of hydrogen-bond acceptors (Lipinski definition) is 1. The van der Waals surface area contributed by atoms with E-state index in [2.05, 4.69) is 25.3 Å². The second kappa shape index (κ2) is 5.31. The third-order valence-corrected chi connectivity index (χ3v) is 3.61. The molecule has 2 rings (SSSR count). The number of ether oxygens (including phenoxy) is 1. The maximum absolute atomic E-state index is 5.75. The molecule has 86 valence electrons. The van der Waals surface area contributed by atoms with Crippen LogP contribution in [-0.2, 0) is 4.74 Å². The zero-order valence-electron chi connectivity index (χ0n) is 9.77. The van der Waals surface area contributed by atoms with Crippen LogP contribution in [0.2, 0.25) is 0 Å². The van der Waals surface area contributed by atoms with Gasteiger partial charge in [-0.25, -0.2) is 0 Å². The van der Waals surface area contributed by atoms with Crippen LogP contribution in [0, 0.1) is 17.8 Å². The summed E-state index contributed by atoms with van der Waals surface area (Å²) in [5.41, 5.74) is 1.11. The second-order valence-corrected chi connectivity index (χ2v) is 4.74. The lowest BCUT2D eigenvalue weighted by Gasteiger charge is -2.18. The molecule has 0 radical (unpaired) electrons. The maximum atomic E-state index is 5.75. The summed E-state index contributed by atoms with van der Waals surface area (Å²) in [7, 11) is 0. The van der Waals surface area contributed by atoms with E-state index >= 15 is 0 Å². The molecule has 0 saturated heterocycles. The van der Waals surface area contributed by atoms with Gasteiger partial charge in [-0.05, 0) is 36.2 Å². The second-order valence-electron chi connectivity index (χ2n) is 4.74. The fraction of sp³-hybridized carbons (Fsp3) is 0.467. The van der Waals surface area contributed by atoms with Gasteiger partial charge in [-0.2, -0.15) is 0 Å². The molecule has 1 nitrogen and oxygen atoms in total. The summed E-state index contributed by atoms with van der Waals surface area (Å²) in [6.45, 7) is 8.98. The van der Waals surface area contributed by atoms with Crippen LogP contribution in [0.15, 0.2) is 49.1 Å². The van der Waals surface area contributed by atoms with Crippen molar-refractivity contribution in [2.75, 3.05) is 13.2 Å². The summed E-state index contributed by atoms with van der Waals surface area (Å²) in [4.78, 5) is 0. The third kappa shape index (κ3) is 2.53. The van der Waals surface area contributed by atoms with E-state index < -0.39 is 0 Å². The van der Waals surface area contributed by atoms with Crippen LogP contribution in [0.25, 0.3) is 0 Å². The van der Waals surface area contributed by atoms with Gasteiger partial charge in [0.1, 0.15) is 0 Å². The minimum Gasteiger partial charge on any atom is -0.376 e. The van der Waals surface area contributed by atoms with Crippen molar-refractivity contribution in [1.82, 2.24) is 0 Å². The molecule has 3 unspecified atom stereocenters. The summed E-state index contributed by atoms with van der Waals surface area (Å²) in [6, 6.07) is 0. The highest BCUT2D eigenvalue weighted by Gasteiger charge is 2.35. The van der Waals surface area contributed by atoms with Gasteiger partial charge in [-0.3, -0.25) is 0 Å². The average molecular weight is 216 g/mol. The number of allylic oxidation sites excluding steroid dienone is 4. The van der Waals surface area contributed by atoms with E-state index in [1.165, 1.54) is 12.8 Å². The van der Waals surface area contributed by atoms with Gasteiger partial charge in [-0.1, -0.05) is 43.5 Å². The van der Waals surface area contributed by atoms with E-state index in [0.29, 0.717) is 6.61 Å². The monoisotopic (exact) mass is 216 g/mol. The van der Waals surface area contributed by atoms with E-state index in [9.17, 15) is 0 Å². The van der Waals surface area contributed by atoms with Gasteiger partial charge in [0.05, 0.1) is 13.2 Å². The highest BCUT2D eigenvalue weighted by Crippen LogP contribution is 2.43. The van der Waals surface area contributed by atoms with Gasteiger partial charge in [0.2, 0.25) is 0 Å². The molecular formula is C15H20O. The van der Waals surface area contributed by atoms with Crippen LogP contribution in [0.3, 0.4) is 0 Å². The van der Waals surface area contributed by atoms with Gasteiger partial charge >= 0.3 is 0 Å². The zero-order valence-corrected chi connectivity index (χ0v) is 9.77. The smallest absolute Gasteiger partial charge is 0.0716 e. The van der Waals surface area contributed by atoms with Crippen molar-refractivity contribution < 1.29 is 4.74 Å². The lowest BCUT2D eigenvalue weighted by Crippen LogP contribution is -2.15. The Morgan fingerprint density at radius 1 is 1.31 bits per heavy atom. The SMILES string of the molecule is C=C/C=C(\C=C)COCC1CC2C=CC1C2. The van der Waals surface area contributed by atoms with Crippen molar-refractivity contribution in [3.63, 3.8) is 0 Å². The molecule has 2 bridgehead atoms. The van der Waals surface area contributed by atoms with E-state index in [1.54, 1.807) is 6.08 Å². The normalized spacial score (nSPS) is 32.0. The van der Waals surface area contributed by atoms with Crippen LogP contribution >= 0.6 is 0 Å². The fourth-order valence-electron chi connectivity index (χ4n) is 2.74. The Kier molecular flexibility index (Phi) is 3.79. The molecule has 3 atom stereocenters. The molecule has 1 heteroatoms. The summed E-state index contributed by atoms with van der Waals surface area (Å²) in [5.74, 6) is 2.35. The van der Waals surface area contributed by atoms with Crippen molar-refractivity contribution in [1.29, 1.82) is 0 Å². The largest absolute Gasteiger partial charge is 0.376 e. The standard InChI is InChI=1S/C15H20O/c1-3-5-12(4-2)10-16-11-15-9-13-6-7-14(15)8-13/h3-7,13-15H,1-2,8-11H2/b12-5+. The number of rotatable bonds is 6. The molecule has 0 aromatic heterocycles. The van der Waals surface area contributed by atoms with E-state index in [4.69, 9.17) is 4.74 Å². The topological polar surface area (TPSA) is 9.23 Å². The van der Waals surface area contributed by atoms with Crippen molar-refractivity contribution in [2.24, 2.45) is 17.8 Å². The molecular weight excluding hydrogens is 196 g/mol. The minimum absolute atomic E-state index is 0.660. The first kappa shape index (κ1) is 11.4. The Morgan fingerprint density at radius 2 is 2.19 bits per heavy atom. The predicted octanol–water partition coefficient (Wildman–Crippen LogP) is 3.51. The first-order valence-corrected chi connectivity index (χ1v) is 6.03. The van der Waals surface area contributed by atoms with Gasteiger partial charge in [-0.15, -0.1) is 0 Å². The Hall–Kier alpha value is -1.08. The molecule has 1 fully saturated rings. The Morgan fingerprint density at radius 3 is 2.75 bits per heavy atom. The maximum Gasteiger partial charge on any atom is 0.0716 e. The Labute approximate surface area is 98.2 Å². The molecule has 0 amide bonds.